The molecule has 0 fully saturated rings. The fourth-order valence-electron chi connectivity index (χ4n) is 5.92. The van der Waals surface area contributed by atoms with E-state index in [1.54, 1.807) is 0 Å². The van der Waals surface area contributed by atoms with Crippen molar-refractivity contribution >= 4 is 0 Å². The van der Waals surface area contributed by atoms with Gasteiger partial charge in [0.25, 0.3) is 0 Å². The Hall–Kier alpha value is -5.56. The Labute approximate surface area is 308 Å². The average Bonchev–Trinajstić information content (AvgIpc) is 3.20. The van der Waals surface area contributed by atoms with Gasteiger partial charge in [0.2, 0.25) is 0 Å². The third-order valence-electron chi connectivity index (χ3n) is 8.71. The number of nitrogens with two attached hydrogens (primary N) is 1. The van der Waals surface area contributed by atoms with Crippen molar-refractivity contribution in [1.82, 2.24) is 4.90 Å². The Bertz CT molecular complexity index is 1770. The Morgan fingerprint density at radius 1 is 0.365 bits per heavy atom. The zero-order chi connectivity index (χ0) is 35.6. The van der Waals surface area contributed by atoms with Crippen molar-refractivity contribution in [1.29, 1.82) is 0 Å². The zero-order valence-electron chi connectivity index (χ0n) is 29.7. The van der Waals surface area contributed by atoms with Crippen LogP contribution in [0.5, 0.6) is 23.0 Å². The summed E-state index contributed by atoms with van der Waals surface area (Å²) in [6, 6.07) is 53.4. The summed E-state index contributed by atoms with van der Waals surface area (Å²) < 4.78 is 25.4. The second kappa shape index (κ2) is 19.7. The Morgan fingerprint density at radius 2 is 0.712 bits per heavy atom. The summed E-state index contributed by atoms with van der Waals surface area (Å²) in [5.41, 5.74) is 12.6. The van der Waals surface area contributed by atoms with Crippen molar-refractivity contribution in [3.05, 3.63) is 191 Å². The first-order valence-electron chi connectivity index (χ1n) is 18.1. The molecule has 0 aliphatic rings. The molecule has 266 valence electrons. The van der Waals surface area contributed by atoms with E-state index in [-0.39, 0.29) is 0 Å². The number of nitrogens with zero attached hydrogens (tertiary/aromatic N) is 1. The highest BCUT2D eigenvalue weighted by atomic mass is 16.5. The van der Waals surface area contributed by atoms with Crippen LogP contribution in [-0.4, -0.2) is 18.0 Å². The van der Waals surface area contributed by atoms with E-state index in [0.29, 0.717) is 33.0 Å². The molecule has 0 aliphatic carbocycles. The van der Waals surface area contributed by atoms with Gasteiger partial charge in [-0.2, -0.15) is 0 Å². The van der Waals surface area contributed by atoms with Crippen molar-refractivity contribution in [2.45, 2.75) is 52.4 Å². The summed E-state index contributed by atoms with van der Waals surface area (Å²) in [5, 5.41) is 0. The normalized spacial score (nSPS) is 11.0. The summed E-state index contributed by atoms with van der Waals surface area (Å²) in [7, 11) is 0. The van der Waals surface area contributed by atoms with E-state index >= 15 is 0 Å². The first-order chi connectivity index (χ1) is 25.7. The van der Waals surface area contributed by atoms with Gasteiger partial charge in [0.1, 0.15) is 26.4 Å². The quantitative estimate of drug-likeness (QED) is 0.0804. The van der Waals surface area contributed by atoms with Crippen molar-refractivity contribution < 1.29 is 18.9 Å². The van der Waals surface area contributed by atoms with Crippen LogP contribution in [0.15, 0.2) is 158 Å². The molecule has 6 rings (SSSR count). The van der Waals surface area contributed by atoms with Crippen LogP contribution in [0.2, 0.25) is 0 Å². The standard InChI is InChI=1S/C46H48N2O4/c47-27-13-14-28-48(31-41-23-25-43(49-33-37-15-5-1-6-16-37)45(29-41)51-35-39-19-9-3-10-20-39)32-42-24-26-44(50-34-38-17-7-2-8-18-38)46(30-42)52-36-40-21-11-4-12-22-40/h1-12,15-26,29-30H,13-14,27-28,31-36,47H2. The molecule has 0 spiro atoms. The summed E-state index contributed by atoms with van der Waals surface area (Å²) in [6.45, 7) is 4.88. The van der Waals surface area contributed by atoms with Crippen LogP contribution in [0.1, 0.15) is 46.2 Å². The number of unbranched alkanes of at least 4 members (excludes halogenated alkanes) is 1. The third kappa shape index (κ3) is 11.5. The molecule has 6 nitrogen and oxygen atoms in total. The van der Waals surface area contributed by atoms with Gasteiger partial charge in [0.05, 0.1) is 0 Å². The monoisotopic (exact) mass is 692 g/mol. The van der Waals surface area contributed by atoms with E-state index in [4.69, 9.17) is 24.7 Å². The topological polar surface area (TPSA) is 66.2 Å². The molecule has 0 saturated heterocycles. The average molecular weight is 693 g/mol. The van der Waals surface area contributed by atoms with Crippen LogP contribution in [0.3, 0.4) is 0 Å². The van der Waals surface area contributed by atoms with Crippen molar-refractivity contribution in [2.75, 3.05) is 13.1 Å². The molecular weight excluding hydrogens is 645 g/mol. The second-order valence-electron chi connectivity index (χ2n) is 12.9. The number of rotatable bonds is 20. The van der Waals surface area contributed by atoms with Gasteiger partial charge in [-0.1, -0.05) is 133 Å². The van der Waals surface area contributed by atoms with Crippen molar-refractivity contribution in [3.63, 3.8) is 0 Å². The van der Waals surface area contributed by atoms with Crippen LogP contribution in [0.4, 0.5) is 0 Å². The maximum atomic E-state index is 6.41. The van der Waals surface area contributed by atoms with Gasteiger partial charge < -0.3 is 24.7 Å². The van der Waals surface area contributed by atoms with Gasteiger partial charge in [-0.25, -0.2) is 0 Å². The molecule has 6 aromatic rings. The van der Waals surface area contributed by atoms with E-state index in [9.17, 15) is 0 Å². The molecule has 0 heterocycles. The zero-order valence-corrected chi connectivity index (χ0v) is 29.7. The van der Waals surface area contributed by atoms with Crippen LogP contribution in [-0.2, 0) is 39.5 Å². The summed E-state index contributed by atoms with van der Waals surface area (Å²) in [6.07, 6.45) is 1.97. The van der Waals surface area contributed by atoms with E-state index in [0.717, 1.165) is 88.9 Å². The second-order valence-corrected chi connectivity index (χ2v) is 12.9. The molecule has 0 radical (unpaired) electrons. The number of benzene rings is 6. The van der Waals surface area contributed by atoms with Gasteiger partial charge >= 0.3 is 0 Å². The summed E-state index contributed by atoms with van der Waals surface area (Å²) >= 11 is 0. The molecule has 0 aliphatic heterocycles. The van der Waals surface area contributed by atoms with Crippen LogP contribution in [0.25, 0.3) is 0 Å². The Balaban J connectivity index is 1.21. The first-order valence-corrected chi connectivity index (χ1v) is 18.1. The molecule has 0 unspecified atom stereocenters. The Kier molecular flexibility index (Phi) is 13.8. The maximum Gasteiger partial charge on any atom is 0.162 e. The third-order valence-corrected chi connectivity index (χ3v) is 8.71. The van der Waals surface area contributed by atoms with Crippen LogP contribution in [0, 0.1) is 0 Å². The fraction of sp³-hybridized carbons (Fsp3) is 0.217. The molecule has 6 heteroatoms. The molecule has 0 bridgehead atoms. The van der Waals surface area contributed by atoms with Gasteiger partial charge in [-0.3, -0.25) is 4.90 Å². The fourth-order valence-corrected chi connectivity index (χ4v) is 5.92. The minimum atomic E-state index is 0.455. The minimum Gasteiger partial charge on any atom is -0.485 e. The predicted octanol–water partition coefficient (Wildman–Crippen LogP) is 9.74. The summed E-state index contributed by atoms with van der Waals surface area (Å²) in [5.74, 6) is 2.92. The van der Waals surface area contributed by atoms with Gasteiger partial charge in [0, 0.05) is 13.1 Å². The SMILES string of the molecule is NCCCCN(Cc1ccc(OCc2ccccc2)c(OCc2ccccc2)c1)Cc1ccc(OCc2ccccc2)c(OCc2ccccc2)c1. The lowest BCUT2D eigenvalue weighted by Crippen LogP contribution is -2.24. The molecule has 52 heavy (non-hydrogen) atoms. The molecule has 6 aromatic carbocycles. The lowest BCUT2D eigenvalue weighted by atomic mass is 10.1. The molecule has 0 saturated carbocycles. The number of ether oxygens (including phenoxy) is 4. The van der Waals surface area contributed by atoms with Crippen molar-refractivity contribution in [2.24, 2.45) is 5.73 Å². The smallest absolute Gasteiger partial charge is 0.162 e. The van der Waals surface area contributed by atoms with E-state index in [2.05, 4.69) is 77.7 Å². The van der Waals surface area contributed by atoms with Crippen molar-refractivity contribution in [3.8, 4) is 23.0 Å². The molecular formula is C46H48N2O4. The van der Waals surface area contributed by atoms with Gasteiger partial charge in [-0.05, 0) is 83.6 Å². The maximum absolute atomic E-state index is 6.41. The highest BCUT2D eigenvalue weighted by molar-refractivity contribution is 5.45. The van der Waals surface area contributed by atoms with Gasteiger partial charge in [-0.15, -0.1) is 0 Å². The number of hydrogen-bond acceptors (Lipinski definition) is 6. The van der Waals surface area contributed by atoms with Crippen LogP contribution >= 0.6 is 0 Å². The lowest BCUT2D eigenvalue weighted by molar-refractivity contribution is 0.242. The number of hydrogen-bond donors (Lipinski definition) is 1. The van der Waals surface area contributed by atoms with E-state index in [1.165, 1.54) is 0 Å². The molecule has 0 amide bonds. The van der Waals surface area contributed by atoms with Gasteiger partial charge in [0.15, 0.2) is 23.0 Å². The minimum absolute atomic E-state index is 0.455. The van der Waals surface area contributed by atoms with Crippen LogP contribution < -0.4 is 24.7 Å². The molecule has 2 N–H and O–H groups in total. The summed E-state index contributed by atoms with van der Waals surface area (Å²) in [4.78, 5) is 2.46. The molecule has 0 atom stereocenters. The molecule has 0 aromatic heterocycles. The van der Waals surface area contributed by atoms with E-state index < -0.39 is 0 Å². The Morgan fingerprint density at radius 3 is 1.06 bits per heavy atom. The predicted molar refractivity (Wildman–Crippen MR) is 208 cm³/mol. The highest BCUT2D eigenvalue weighted by Crippen LogP contribution is 2.33. The van der Waals surface area contributed by atoms with E-state index in [1.807, 2.05) is 84.9 Å². The lowest BCUT2D eigenvalue weighted by Gasteiger charge is -2.24. The highest BCUT2D eigenvalue weighted by Gasteiger charge is 2.15. The largest absolute Gasteiger partial charge is 0.485 e. The first kappa shape index (κ1) is 36.2.